The third-order valence-electron chi connectivity index (χ3n) is 3.21. The van der Waals surface area contributed by atoms with E-state index in [4.69, 9.17) is 4.74 Å². The van der Waals surface area contributed by atoms with Crippen molar-refractivity contribution in [2.75, 3.05) is 6.61 Å². The van der Waals surface area contributed by atoms with Crippen molar-refractivity contribution in [2.45, 2.75) is 63.8 Å². The molecule has 1 saturated carbocycles. The zero-order valence-corrected chi connectivity index (χ0v) is 10.7. The highest BCUT2D eigenvalue weighted by molar-refractivity contribution is 5.86. The van der Waals surface area contributed by atoms with Gasteiger partial charge < -0.3 is 10.1 Å². The number of rotatable bonds is 10. The fourth-order valence-electron chi connectivity index (χ4n) is 1.83. The number of hydrogen-bond acceptors (Lipinski definition) is 3. The smallest absolute Gasteiger partial charge is 0.331 e. The minimum Gasteiger partial charge on any atom is -0.464 e. The van der Waals surface area contributed by atoms with E-state index in [1.165, 1.54) is 25.7 Å². The van der Waals surface area contributed by atoms with Crippen LogP contribution in [0.2, 0.25) is 0 Å². The van der Waals surface area contributed by atoms with Crippen LogP contribution in [-0.2, 0) is 14.3 Å². The lowest BCUT2D eigenvalue weighted by atomic mass is 10.1. The van der Waals surface area contributed by atoms with E-state index in [2.05, 4.69) is 12.2 Å². The van der Waals surface area contributed by atoms with E-state index in [1.54, 1.807) is 0 Å². The highest BCUT2D eigenvalue weighted by atomic mass is 16.5. The molecule has 1 aliphatic carbocycles. The lowest BCUT2D eigenvalue weighted by Gasteiger charge is -2.12. The summed E-state index contributed by atoms with van der Waals surface area (Å²) in [6, 6.07) is 0. The number of nitrogens with one attached hydrogen (secondary N) is 1. The summed E-state index contributed by atoms with van der Waals surface area (Å²) in [5, 5.41) is 2.55. The van der Waals surface area contributed by atoms with E-state index in [9.17, 15) is 9.59 Å². The molecular weight excluding hydrogens is 218 g/mol. The number of carbonyl (C=O) groups excluding carboxylic acids is 2. The number of amides is 1. The van der Waals surface area contributed by atoms with Gasteiger partial charge in [0.05, 0.1) is 6.61 Å². The van der Waals surface area contributed by atoms with Gasteiger partial charge in [0.2, 0.25) is 6.41 Å². The van der Waals surface area contributed by atoms with Gasteiger partial charge in [0.15, 0.2) is 0 Å². The molecule has 17 heavy (non-hydrogen) atoms. The van der Waals surface area contributed by atoms with Crippen LogP contribution in [0, 0.1) is 0 Å². The molecule has 0 atom stereocenters. The van der Waals surface area contributed by atoms with E-state index < -0.39 is 5.54 Å². The van der Waals surface area contributed by atoms with Gasteiger partial charge in [-0.2, -0.15) is 0 Å². The first kappa shape index (κ1) is 14.0. The highest BCUT2D eigenvalue weighted by Crippen LogP contribution is 2.36. The average molecular weight is 241 g/mol. The molecule has 0 aromatic heterocycles. The largest absolute Gasteiger partial charge is 0.464 e. The van der Waals surface area contributed by atoms with Crippen LogP contribution in [0.4, 0.5) is 0 Å². The van der Waals surface area contributed by atoms with E-state index in [-0.39, 0.29) is 5.97 Å². The van der Waals surface area contributed by atoms with Crippen LogP contribution >= 0.6 is 0 Å². The molecule has 4 nitrogen and oxygen atoms in total. The predicted molar refractivity (Wildman–Crippen MR) is 65.5 cm³/mol. The molecule has 0 spiro atoms. The van der Waals surface area contributed by atoms with Crippen LogP contribution < -0.4 is 5.32 Å². The summed E-state index contributed by atoms with van der Waals surface area (Å²) in [5.74, 6) is -0.266. The lowest BCUT2D eigenvalue weighted by molar-refractivity contribution is -0.148. The maximum absolute atomic E-state index is 11.6. The van der Waals surface area contributed by atoms with Crippen LogP contribution in [0.25, 0.3) is 0 Å². The Kier molecular flexibility index (Phi) is 6.01. The maximum Gasteiger partial charge on any atom is 0.331 e. The van der Waals surface area contributed by atoms with Crippen molar-refractivity contribution in [3.8, 4) is 0 Å². The van der Waals surface area contributed by atoms with E-state index in [0.717, 1.165) is 12.8 Å². The number of ether oxygens (including phenoxy) is 1. The highest BCUT2D eigenvalue weighted by Gasteiger charge is 2.51. The summed E-state index contributed by atoms with van der Waals surface area (Å²) in [4.78, 5) is 21.9. The molecule has 0 bridgehead atoms. The van der Waals surface area contributed by atoms with Crippen molar-refractivity contribution in [3.05, 3.63) is 0 Å². The Morgan fingerprint density at radius 1 is 1.24 bits per heavy atom. The summed E-state index contributed by atoms with van der Waals surface area (Å²) in [5.41, 5.74) is -0.677. The molecule has 1 fully saturated rings. The van der Waals surface area contributed by atoms with Crippen LogP contribution in [0.1, 0.15) is 58.3 Å². The topological polar surface area (TPSA) is 55.4 Å². The van der Waals surface area contributed by atoms with Crippen molar-refractivity contribution < 1.29 is 14.3 Å². The Hall–Kier alpha value is -1.06. The summed E-state index contributed by atoms with van der Waals surface area (Å²) >= 11 is 0. The second-order valence-corrected chi connectivity index (χ2v) is 4.75. The fourth-order valence-corrected chi connectivity index (χ4v) is 1.83. The molecule has 1 amide bonds. The first-order valence-corrected chi connectivity index (χ1v) is 6.64. The Balaban J connectivity index is 1.99. The van der Waals surface area contributed by atoms with Gasteiger partial charge in [-0.15, -0.1) is 0 Å². The summed E-state index contributed by atoms with van der Waals surface area (Å²) in [7, 11) is 0. The van der Waals surface area contributed by atoms with E-state index in [0.29, 0.717) is 25.9 Å². The minimum atomic E-state index is -0.677. The van der Waals surface area contributed by atoms with Crippen molar-refractivity contribution >= 4 is 12.4 Å². The van der Waals surface area contributed by atoms with Crippen molar-refractivity contribution in [1.82, 2.24) is 5.32 Å². The zero-order chi connectivity index (χ0) is 12.6. The third-order valence-corrected chi connectivity index (χ3v) is 3.21. The summed E-state index contributed by atoms with van der Waals surface area (Å²) in [6.07, 6.45) is 9.04. The SMILES string of the molecule is CCCCCCCCOC(=O)C1(NC=O)CC1. The van der Waals surface area contributed by atoms with Gasteiger partial charge in [-0.25, -0.2) is 4.79 Å². The van der Waals surface area contributed by atoms with Gasteiger partial charge in [-0.1, -0.05) is 39.0 Å². The zero-order valence-electron chi connectivity index (χ0n) is 10.7. The molecule has 0 aliphatic heterocycles. The van der Waals surface area contributed by atoms with Gasteiger partial charge in [0.25, 0.3) is 0 Å². The Morgan fingerprint density at radius 2 is 1.88 bits per heavy atom. The molecule has 0 saturated heterocycles. The molecule has 0 radical (unpaired) electrons. The fraction of sp³-hybridized carbons (Fsp3) is 0.846. The number of hydrogen-bond donors (Lipinski definition) is 1. The second kappa shape index (κ2) is 7.30. The molecule has 0 heterocycles. The Bertz CT molecular complexity index is 249. The Morgan fingerprint density at radius 3 is 2.47 bits per heavy atom. The quantitative estimate of drug-likeness (QED) is 0.362. The summed E-state index contributed by atoms with van der Waals surface area (Å²) in [6.45, 7) is 2.67. The van der Waals surface area contributed by atoms with Crippen molar-refractivity contribution in [1.29, 1.82) is 0 Å². The molecule has 0 aromatic carbocycles. The predicted octanol–water partition coefficient (Wildman–Crippen LogP) is 2.17. The van der Waals surface area contributed by atoms with Gasteiger partial charge >= 0.3 is 5.97 Å². The first-order chi connectivity index (χ1) is 8.25. The molecule has 98 valence electrons. The normalized spacial score (nSPS) is 16.3. The molecule has 1 rings (SSSR count). The Labute approximate surface area is 103 Å². The van der Waals surface area contributed by atoms with Crippen LogP contribution in [0.3, 0.4) is 0 Å². The van der Waals surface area contributed by atoms with Crippen LogP contribution in [0.5, 0.6) is 0 Å². The van der Waals surface area contributed by atoms with Gasteiger partial charge in [-0.05, 0) is 19.3 Å². The maximum atomic E-state index is 11.6. The van der Waals surface area contributed by atoms with Gasteiger partial charge in [0.1, 0.15) is 5.54 Å². The number of carbonyl (C=O) groups is 2. The molecule has 1 N–H and O–H groups in total. The lowest BCUT2D eigenvalue weighted by Crippen LogP contribution is -2.39. The second-order valence-electron chi connectivity index (χ2n) is 4.75. The monoisotopic (exact) mass is 241 g/mol. The number of unbranched alkanes of at least 4 members (excludes halogenated alkanes) is 5. The van der Waals surface area contributed by atoms with Crippen LogP contribution in [0.15, 0.2) is 0 Å². The molecule has 1 aliphatic rings. The van der Waals surface area contributed by atoms with E-state index >= 15 is 0 Å². The number of esters is 1. The van der Waals surface area contributed by atoms with E-state index in [1.807, 2.05) is 0 Å². The standard InChI is InChI=1S/C13H23NO3/c1-2-3-4-5-6-7-10-17-12(16)13(8-9-13)14-11-15/h11H,2-10H2,1H3,(H,14,15). The van der Waals surface area contributed by atoms with Crippen molar-refractivity contribution in [3.63, 3.8) is 0 Å². The first-order valence-electron chi connectivity index (χ1n) is 6.64. The molecule has 4 heteroatoms. The van der Waals surface area contributed by atoms with Crippen LogP contribution in [-0.4, -0.2) is 24.5 Å². The molecule has 0 unspecified atom stereocenters. The van der Waals surface area contributed by atoms with Gasteiger partial charge in [-0.3, -0.25) is 4.79 Å². The van der Waals surface area contributed by atoms with Gasteiger partial charge in [0, 0.05) is 0 Å². The average Bonchev–Trinajstić information content (AvgIpc) is 3.09. The molecule has 0 aromatic rings. The minimum absolute atomic E-state index is 0.266. The molecular formula is C13H23NO3. The van der Waals surface area contributed by atoms with Crippen molar-refractivity contribution in [2.24, 2.45) is 0 Å². The third kappa shape index (κ3) is 4.75. The summed E-state index contributed by atoms with van der Waals surface area (Å²) < 4.78 is 5.17.